The van der Waals surface area contributed by atoms with Crippen molar-refractivity contribution in [3.05, 3.63) is 34.6 Å². The number of amides is 1. The molecule has 3 aromatic rings. The maximum atomic E-state index is 13.1. The first kappa shape index (κ1) is 21.4. The SMILES string of the molecule is CC(C)CCn1c(=O)c2ccccc2n2c(SCC(=O)NC(C)(C#N)C3CC3)nnc12. The predicted octanol–water partition coefficient (Wildman–Crippen LogP) is 2.99. The first-order valence-corrected chi connectivity index (χ1v) is 11.5. The topological polar surface area (TPSA) is 105 Å². The third-order valence-corrected chi connectivity index (χ3v) is 6.69. The van der Waals surface area contributed by atoms with Gasteiger partial charge in [-0.15, -0.1) is 10.2 Å². The Labute approximate surface area is 184 Å². The average Bonchev–Trinajstić information content (AvgIpc) is 3.53. The van der Waals surface area contributed by atoms with E-state index in [1.165, 1.54) is 11.8 Å². The molecule has 0 aliphatic heterocycles. The molecule has 162 valence electrons. The van der Waals surface area contributed by atoms with E-state index in [2.05, 4.69) is 35.4 Å². The first-order chi connectivity index (χ1) is 14.8. The number of aryl methyl sites for hydroxylation is 1. The maximum Gasteiger partial charge on any atom is 0.262 e. The van der Waals surface area contributed by atoms with Gasteiger partial charge in [-0.1, -0.05) is 37.7 Å². The highest BCUT2D eigenvalue weighted by atomic mass is 32.2. The van der Waals surface area contributed by atoms with E-state index in [4.69, 9.17) is 0 Å². The van der Waals surface area contributed by atoms with Gasteiger partial charge in [-0.25, -0.2) is 0 Å². The van der Waals surface area contributed by atoms with Crippen LogP contribution >= 0.6 is 11.8 Å². The zero-order valence-corrected chi connectivity index (χ0v) is 18.8. The lowest BCUT2D eigenvalue weighted by Gasteiger charge is -2.22. The summed E-state index contributed by atoms with van der Waals surface area (Å²) in [6.07, 6.45) is 2.78. The van der Waals surface area contributed by atoms with Gasteiger partial charge in [0.15, 0.2) is 5.16 Å². The lowest BCUT2D eigenvalue weighted by molar-refractivity contribution is -0.119. The number of fused-ring (bicyclic) bond motifs is 3. The first-order valence-electron chi connectivity index (χ1n) is 10.6. The highest BCUT2D eigenvalue weighted by molar-refractivity contribution is 7.99. The summed E-state index contributed by atoms with van der Waals surface area (Å²) in [5.74, 6) is 1.05. The summed E-state index contributed by atoms with van der Waals surface area (Å²) in [5, 5.41) is 22.1. The molecule has 1 N–H and O–H groups in total. The third kappa shape index (κ3) is 4.17. The third-order valence-electron chi connectivity index (χ3n) is 5.77. The van der Waals surface area contributed by atoms with Crippen LogP contribution in [0.25, 0.3) is 16.7 Å². The molecule has 1 aliphatic carbocycles. The minimum absolute atomic E-state index is 0.0836. The van der Waals surface area contributed by atoms with Gasteiger partial charge in [0.25, 0.3) is 5.56 Å². The van der Waals surface area contributed by atoms with E-state index in [0.717, 1.165) is 24.8 Å². The van der Waals surface area contributed by atoms with Crippen molar-refractivity contribution in [3.63, 3.8) is 0 Å². The van der Waals surface area contributed by atoms with E-state index < -0.39 is 5.54 Å². The standard InChI is InChI=1S/C22H26N6O2S/c1-14(2)10-11-27-19(30)16-6-4-5-7-17(16)28-20(27)25-26-21(28)31-12-18(29)24-22(3,13-23)15-8-9-15/h4-7,14-15H,8-12H2,1-3H3,(H,24,29). The van der Waals surface area contributed by atoms with Gasteiger partial charge < -0.3 is 5.32 Å². The zero-order chi connectivity index (χ0) is 22.2. The molecule has 9 heteroatoms. The van der Waals surface area contributed by atoms with Gasteiger partial charge in [0.2, 0.25) is 11.7 Å². The summed E-state index contributed by atoms with van der Waals surface area (Å²) in [5.41, 5.74) is -0.190. The molecule has 0 saturated heterocycles. The van der Waals surface area contributed by atoms with E-state index in [9.17, 15) is 14.9 Å². The van der Waals surface area contributed by atoms with E-state index in [1.54, 1.807) is 17.6 Å². The number of benzene rings is 1. The monoisotopic (exact) mass is 438 g/mol. The predicted molar refractivity (Wildman–Crippen MR) is 120 cm³/mol. The summed E-state index contributed by atoms with van der Waals surface area (Å²) in [7, 11) is 0. The lowest BCUT2D eigenvalue weighted by Crippen LogP contribution is -2.47. The van der Waals surface area contributed by atoms with Crippen LogP contribution < -0.4 is 10.9 Å². The number of rotatable bonds is 8. The number of hydrogen-bond donors (Lipinski definition) is 1. The Kier molecular flexibility index (Phi) is 5.75. The smallest absolute Gasteiger partial charge is 0.262 e. The van der Waals surface area contributed by atoms with E-state index in [0.29, 0.717) is 28.8 Å². The molecule has 1 atom stereocenters. The van der Waals surface area contributed by atoms with Gasteiger partial charge in [0.1, 0.15) is 5.54 Å². The van der Waals surface area contributed by atoms with Crippen LogP contribution in [0, 0.1) is 23.2 Å². The molecule has 1 aromatic carbocycles. The summed E-state index contributed by atoms with van der Waals surface area (Å²) in [4.78, 5) is 25.6. The number of nitriles is 1. The second-order valence-corrected chi connectivity index (χ2v) is 9.64. The number of aromatic nitrogens is 4. The second-order valence-electron chi connectivity index (χ2n) is 8.70. The van der Waals surface area contributed by atoms with Gasteiger partial charge in [-0.2, -0.15) is 5.26 Å². The minimum atomic E-state index is -0.825. The normalized spacial score (nSPS) is 15.8. The van der Waals surface area contributed by atoms with Crippen LogP contribution in [-0.2, 0) is 11.3 Å². The maximum absolute atomic E-state index is 13.1. The zero-order valence-electron chi connectivity index (χ0n) is 18.0. The highest BCUT2D eigenvalue weighted by Crippen LogP contribution is 2.39. The fourth-order valence-corrected chi connectivity index (χ4v) is 4.49. The molecule has 0 spiro atoms. The molecule has 0 bridgehead atoms. The van der Waals surface area contributed by atoms with Crippen LogP contribution in [0.1, 0.15) is 40.0 Å². The Morgan fingerprint density at radius 2 is 2.10 bits per heavy atom. The number of thioether (sulfide) groups is 1. The molecule has 8 nitrogen and oxygen atoms in total. The number of carbonyl (C=O) groups excluding carboxylic acids is 1. The van der Waals surface area contributed by atoms with Crippen LogP contribution in [0.4, 0.5) is 0 Å². The largest absolute Gasteiger partial charge is 0.337 e. The molecule has 0 radical (unpaired) electrons. The van der Waals surface area contributed by atoms with Crippen molar-refractivity contribution in [1.29, 1.82) is 5.26 Å². The van der Waals surface area contributed by atoms with Gasteiger partial charge in [-0.05, 0) is 50.2 Å². The number of nitrogens with zero attached hydrogens (tertiary/aromatic N) is 5. The molecular weight excluding hydrogens is 412 g/mol. The van der Waals surface area contributed by atoms with Crippen LogP contribution in [0.2, 0.25) is 0 Å². The van der Waals surface area contributed by atoms with Crippen molar-refractivity contribution in [2.24, 2.45) is 11.8 Å². The number of carbonyl (C=O) groups is 1. The molecular formula is C22H26N6O2S. The Bertz CT molecular complexity index is 1240. The van der Waals surface area contributed by atoms with Crippen molar-refractivity contribution < 1.29 is 4.79 Å². The summed E-state index contributed by atoms with van der Waals surface area (Å²) >= 11 is 1.25. The molecule has 4 rings (SSSR count). The molecule has 1 aliphatic rings. The molecule has 1 amide bonds. The van der Waals surface area contributed by atoms with Crippen molar-refractivity contribution in [3.8, 4) is 6.07 Å². The molecule has 2 aromatic heterocycles. The molecule has 1 saturated carbocycles. The fourth-order valence-electron chi connectivity index (χ4n) is 3.75. The van der Waals surface area contributed by atoms with Crippen LogP contribution in [-0.4, -0.2) is 36.4 Å². The Balaban J connectivity index is 1.65. The summed E-state index contributed by atoms with van der Waals surface area (Å²) < 4.78 is 3.51. The second kappa shape index (κ2) is 8.35. The van der Waals surface area contributed by atoms with Gasteiger partial charge in [0, 0.05) is 6.54 Å². The molecule has 2 heterocycles. The van der Waals surface area contributed by atoms with Crippen LogP contribution in [0.15, 0.2) is 34.2 Å². The number of para-hydroxylation sites is 1. The van der Waals surface area contributed by atoms with Crippen LogP contribution in [0.3, 0.4) is 0 Å². The number of hydrogen-bond acceptors (Lipinski definition) is 6. The Hall–Kier alpha value is -2.86. The van der Waals surface area contributed by atoms with Gasteiger partial charge in [0.05, 0.1) is 22.7 Å². The highest BCUT2D eigenvalue weighted by Gasteiger charge is 2.43. The van der Waals surface area contributed by atoms with E-state index >= 15 is 0 Å². The van der Waals surface area contributed by atoms with E-state index in [1.807, 2.05) is 22.6 Å². The van der Waals surface area contributed by atoms with Crippen molar-refractivity contribution in [2.45, 2.75) is 57.3 Å². The fraction of sp³-hybridized carbons (Fsp3) is 0.500. The lowest BCUT2D eigenvalue weighted by atomic mass is 9.98. The van der Waals surface area contributed by atoms with Crippen LogP contribution in [0.5, 0.6) is 0 Å². The van der Waals surface area contributed by atoms with Gasteiger partial charge in [-0.3, -0.25) is 18.6 Å². The summed E-state index contributed by atoms with van der Waals surface area (Å²) in [6, 6.07) is 9.62. The van der Waals surface area contributed by atoms with Crippen molar-refractivity contribution in [2.75, 3.05) is 5.75 Å². The summed E-state index contributed by atoms with van der Waals surface area (Å²) in [6.45, 7) is 6.56. The molecule has 31 heavy (non-hydrogen) atoms. The quantitative estimate of drug-likeness (QED) is 0.542. The number of nitrogens with one attached hydrogen (secondary N) is 1. The van der Waals surface area contributed by atoms with Crippen molar-refractivity contribution in [1.82, 2.24) is 24.5 Å². The van der Waals surface area contributed by atoms with E-state index in [-0.39, 0.29) is 23.1 Å². The Morgan fingerprint density at radius 1 is 1.35 bits per heavy atom. The van der Waals surface area contributed by atoms with Crippen molar-refractivity contribution >= 4 is 34.3 Å². The Morgan fingerprint density at radius 3 is 2.77 bits per heavy atom. The molecule has 1 fully saturated rings. The minimum Gasteiger partial charge on any atom is -0.337 e. The molecule has 1 unspecified atom stereocenters. The average molecular weight is 439 g/mol. The van der Waals surface area contributed by atoms with Gasteiger partial charge >= 0.3 is 0 Å².